The number of nitrogens with one attached hydrogen (secondary N) is 2. The summed E-state index contributed by atoms with van der Waals surface area (Å²) in [6.45, 7) is 1.39. The van der Waals surface area contributed by atoms with Gasteiger partial charge < -0.3 is 15.7 Å². The molecule has 1 unspecified atom stereocenters. The Bertz CT molecular complexity index is 370. The molecule has 0 aromatic heterocycles. The van der Waals surface area contributed by atoms with Gasteiger partial charge in [-0.1, -0.05) is 0 Å². The Labute approximate surface area is 74.2 Å². The van der Waals surface area contributed by atoms with Crippen LogP contribution in [0.5, 0.6) is 0 Å². The summed E-state index contributed by atoms with van der Waals surface area (Å²) < 4.78 is 29.7. The first kappa shape index (κ1) is 9.81. The molecule has 7 nitrogen and oxygen atoms in total. The second-order valence-electron chi connectivity index (χ2n) is 2.49. The second kappa shape index (κ2) is 2.89. The first-order chi connectivity index (χ1) is 5.82. The summed E-state index contributed by atoms with van der Waals surface area (Å²) in [5.41, 5.74) is -1.57. The highest BCUT2D eigenvalue weighted by molar-refractivity contribution is 7.86. The lowest BCUT2D eigenvalue weighted by atomic mass is 10.4. The van der Waals surface area contributed by atoms with Crippen molar-refractivity contribution in [2.45, 2.75) is 12.4 Å². The molecular formula is C5H8N2O5S. The molecule has 4 N–H and O–H groups in total. The number of hydrogen-bond donors (Lipinski definition) is 4. The molecular weight excluding hydrogens is 200 g/mol. The molecule has 0 aliphatic carbocycles. The van der Waals surface area contributed by atoms with Gasteiger partial charge in [0.25, 0.3) is 0 Å². The number of allylic oxidation sites excluding steroid dienone is 1. The molecule has 74 valence electrons. The Balaban J connectivity index is 2.88. The zero-order valence-corrected chi connectivity index (χ0v) is 7.42. The van der Waals surface area contributed by atoms with E-state index in [1.54, 1.807) is 0 Å². The lowest BCUT2D eigenvalue weighted by Crippen LogP contribution is -2.40. The molecule has 1 atom stereocenters. The van der Waals surface area contributed by atoms with Crippen LogP contribution in [0.25, 0.3) is 0 Å². The number of carbonyl (C=O) groups is 1. The number of hydrogen-bond acceptors (Lipinski definition) is 5. The van der Waals surface area contributed by atoms with Crippen LogP contribution in [0.1, 0.15) is 6.92 Å². The lowest BCUT2D eigenvalue weighted by Gasteiger charge is -2.08. The Morgan fingerprint density at radius 1 is 1.46 bits per heavy atom. The summed E-state index contributed by atoms with van der Waals surface area (Å²) in [5, 5.41) is 12.9. The summed E-state index contributed by atoms with van der Waals surface area (Å²) in [4.78, 5) is 10.4. The quantitative estimate of drug-likeness (QED) is 0.415. The van der Waals surface area contributed by atoms with Gasteiger partial charge in [-0.25, -0.2) is 4.79 Å². The zero-order chi connectivity index (χ0) is 10.2. The molecule has 0 saturated carbocycles. The predicted octanol–water partition coefficient (Wildman–Crippen LogP) is -1.33. The van der Waals surface area contributed by atoms with Gasteiger partial charge in [-0.05, 0) is 6.92 Å². The maximum Gasteiger partial charge on any atom is 0.353 e. The van der Waals surface area contributed by atoms with Crippen LogP contribution in [0.4, 0.5) is 0 Å². The number of aliphatic carboxylic acids is 1. The number of carboxylic acids is 1. The molecule has 0 bridgehead atoms. The molecule has 0 fully saturated rings. The van der Waals surface area contributed by atoms with Crippen molar-refractivity contribution in [1.29, 1.82) is 0 Å². The Kier molecular flexibility index (Phi) is 2.18. The van der Waals surface area contributed by atoms with Crippen LogP contribution in [0.15, 0.2) is 11.4 Å². The largest absolute Gasteiger partial charge is 0.477 e. The SMILES string of the molecule is CC1=C(C(=O)O)NC(S(=O)(=O)O)N1. The smallest absolute Gasteiger partial charge is 0.353 e. The van der Waals surface area contributed by atoms with Gasteiger partial charge in [0.15, 0.2) is 0 Å². The van der Waals surface area contributed by atoms with E-state index in [0.717, 1.165) is 0 Å². The lowest BCUT2D eigenvalue weighted by molar-refractivity contribution is -0.133. The fourth-order valence-electron chi connectivity index (χ4n) is 0.915. The topological polar surface area (TPSA) is 116 Å². The molecule has 0 aromatic rings. The van der Waals surface area contributed by atoms with Crippen molar-refractivity contribution >= 4 is 16.1 Å². The molecule has 0 radical (unpaired) electrons. The van der Waals surface area contributed by atoms with Crippen LogP contribution in [0.2, 0.25) is 0 Å². The highest BCUT2D eigenvalue weighted by Crippen LogP contribution is 2.10. The summed E-state index contributed by atoms with van der Waals surface area (Å²) >= 11 is 0. The minimum absolute atomic E-state index is 0.162. The Morgan fingerprint density at radius 3 is 2.23 bits per heavy atom. The average Bonchev–Trinajstić information content (AvgIpc) is 2.29. The standard InChI is InChI=1S/C5H8N2O5S/c1-2-3(4(8)9)7-5(6-2)13(10,11)12/h5-7H,1H3,(H,8,9)(H,10,11,12). The fraction of sp³-hybridized carbons (Fsp3) is 0.400. The minimum Gasteiger partial charge on any atom is -0.477 e. The number of carboxylic acid groups (broad SMARTS) is 1. The molecule has 8 heteroatoms. The van der Waals surface area contributed by atoms with Gasteiger partial charge in [-0.2, -0.15) is 8.42 Å². The summed E-state index contributed by atoms with van der Waals surface area (Å²) in [6, 6.07) is 0. The van der Waals surface area contributed by atoms with E-state index in [2.05, 4.69) is 10.6 Å². The first-order valence-corrected chi connectivity index (χ1v) is 4.76. The van der Waals surface area contributed by atoms with Crippen molar-refractivity contribution in [3.05, 3.63) is 11.4 Å². The van der Waals surface area contributed by atoms with Gasteiger partial charge in [-0.15, -0.1) is 0 Å². The zero-order valence-electron chi connectivity index (χ0n) is 6.60. The molecule has 13 heavy (non-hydrogen) atoms. The molecule has 0 amide bonds. The molecule has 1 heterocycles. The van der Waals surface area contributed by atoms with E-state index in [4.69, 9.17) is 9.66 Å². The van der Waals surface area contributed by atoms with Gasteiger partial charge in [0.1, 0.15) is 5.70 Å². The van der Waals surface area contributed by atoms with Crippen LogP contribution in [-0.2, 0) is 14.9 Å². The van der Waals surface area contributed by atoms with E-state index in [1.165, 1.54) is 6.92 Å². The van der Waals surface area contributed by atoms with Crippen molar-refractivity contribution in [2.24, 2.45) is 0 Å². The van der Waals surface area contributed by atoms with E-state index in [0.29, 0.717) is 0 Å². The van der Waals surface area contributed by atoms with E-state index >= 15 is 0 Å². The van der Waals surface area contributed by atoms with Crippen molar-refractivity contribution < 1.29 is 22.9 Å². The van der Waals surface area contributed by atoms with Crippen molar-refractivity contribution in [2.75, 3.05) is 0 Å². The maximum atomic E-state index is 10.6. The van der Waals surface area contributed by atoms with E-state index in [9.17, 15) is 13.2 Å². The molecule has 1 aliphatic heterocycles. The van der Waals surface area contributed by atoms with E-state index in [-0.39, 0.29) is 11.4 Å². The van der Waals surface area contributed by atoms with Crippen molar-refractivity contribution in [3.8, 4) is 0 Å². The molecule has 0 aromatic carbocycles. The third-order valence-corrected chi connectivity index (χ3v) is 2.34. The van der Waals surface area contributed by atoms with Gasteiger partial charge in [0.2, 0.25) is 5.50 Å². The molecule has 1 rings (SSSR count). The monoisotopic (exact) mass is 208 g/mol. The second-order valence-corrected chi connectivity index (χ2v) is 3.99. The van der Waals surface area contributed by atoms with Crippen LogP contribution < -0.4 is 10.6 Å². The van der Waals surface area contributed by atoms with Crippen molar-refractivity contribution in [3.63, 3.8) is 0 Å². The third kappa shape index (κ3) is 1.90. The highest BCUT2D eigenvalue weighted by atomic mass is 32.2. The summed E-state index contributed by atoms with van der Waals surface area (Å²) in [7, 11) is -4.33. The highest BCUT2D eigenvalue weighted by Gasteiger charge is 2.32. The number of rotatable bonds is 2. The summed E-state index contributed by atoms with van der Waals surface area (Å²) in [5.74, 6) is -1.28. The molecule has 0 saturated heterocycles. The maximum absolute atomic E-state index is 10.6. The predicted molar refractivity (Wildman–Crippen MR) is 41.9 cm³/mol. The van der Waals surface area contributed by atoms with Gasteiger partial charge >= 0.3 is 16.1 Å². The first-order valence-electron chi connectivity index (χ1n) is 3.26. The van der Waals surface area contributed by atoms with E-state index in [1.807, 2.05) is 0 Å². The molecule has 0 spiro atoms. The van der Waals surface area contributed by atoms with Crippen molar-refractivity contribution in [1.82, 2.24) is 10.6 Å². The molecule has 1 aliphatic rings. The van der Waals surface area contributed by atoms with Gasteiger partial charge in [-0.3, -0.25) is 4.55 Å². The normalized spacial score (nSPS) is 22.5. The van der Waals surface area contributed by atoms with Crippen LogP contribution in [0.3, 0.4) is 0 Å². The average molecular weight is 208 g/mol. The van der Waals surface area contributed by atoms with Gasteiger partial charge in [0, 0.05) is 5.70 Å². The van der Waals surface area contributed by atoms with Crippen LogP contribution in [0, 0.1) is 0 Å². The minimum atomic E-state index is -4.33. The fourth-order valence-corrected chi connectivity index (χ4v) is 1.51. The van der Waals surface area contributed by atoms with E-state index < -0.39 is 21.6 Å². The summed E-state index contributed by atoms with van der Waals surface area (Å²) in [6.07, 6.45) is 0. The Hall–Kier alpha value is -1.28. The third-order valence-electron chi connectivity index (χ3n) is 1.51. The van der Waals surface area contributed by atoms with Gasteiger partial charge in [0.05, 0.1) is 0 Å². The van der Waals surface area contributed by atoms with Crippen LogP contribution >= 0.6 is 0 Å². The van der Waals surface area contributed by atoms with Crippen LogP contribution in [-0.4, -0.2) is 29.5 Å². The Morgan fingerprint density at radius 2 is 2.00 bits per heavy atom.